The Balaban J connectivity index is 2.08. The van der Waals surface area contributed by atoms with Crippen molar-refractivity contribution in [3.05, 3.63) is 53.5 Å². The smallest absolute Gasteiger partial charge is 0.185 e. The summed E-state index contributed by atoms with van der Waals surface area (Å²) in [5, 5.41) is 0. The first kappa shape index (κ1) is 13.4. The van der Waals surface area contributed by atoms with E-state index in [9.17, 15) is 4.79 Å². The van der Waals surface area contributed by atoms with Gasteiger partial charge >= 0.3 is 0 Å². The normalized spacial score (nSPS) is 12.1. The van der Waals surface area contributed by atoms with E-state index in [1.54, 1.807) is 12.1 Å². The summed E-state index contributed by atoms with van der Waals surface area (Å²) in [7, 11) is 0. The molecule has 1 heterocycles. The topological polar surface area (TPSA) is 39.4 Å². The molecule has 3 nitrogen and oxygen atoms in total. The highest BCUT2D eigenvalue weighted by atomic mass is 16.5. The van der Waals surface area contributed by atoms with Crippen LogP contribution in [-0.2, 0) is 6.61 Å². The first-order valence-corrected chi connectivity index (χ1v) is 6.50. The summed E-state index contributed by atoms with van der Waals surface area (Å²) in [5.74, 6) is 2.31. The van der Waals surface area contributed by atoms with Crippen molar-refractivity contribution >= 4 is 6.29 Å². The molecule has 1 unspecified atom stereocenters. The van der Waals surface area contributed by atoms with E-state index in [0.29, 0.717) is 30.3 Å². The number of hydrogen-bond donors (Lipinski definition) is 0. The van der Waals surface area contributed by atoms with Crippen LogP contribution in [0.3, 0.4) is 0 Å². The Morgan fingerprint density at radius 2 is 2.05 bits per heavy atom. The van der Waals surface area contributed by atoms with E-state index in [4.69, 9.17) is 9.15 Å². The van der Waals surface area contributed by atoms with Gasteiger partial charge in [0.15, 0.2) is 12.0 Å². The van der Waals surface area contributed by atoms with Crippen LogP contribution in [0.4, 0.5) is 0 Å². The van der Waals surface area contributed by atoms with Gasteiger partial charge in [-0.1, -0.05) is 32.0 Å². The monoisotopic (exact) mass is 258 g/mol. The second-order valence-electron chi connectivity index (χ2n) is 4.56. The predicted molar refractivity (Wildman–Crippen MR) is 73.6 cm³/mol. The first-order valence-electron chi connectivity index (χ1n) is 6.50. The summed E-state index contributed by atoms with van der Waals surface area (Å²) in [4.78, 5) is 10.5. The zero-order chi connectivity index (χ0) is 13.7. The lowest BCUT2D eigenvalue weighted by atomic mass is 9.98. The van der Waals surface area contributed by atoms with Crippen molar-refractivity contribution in [2.24, 2.45) is 0 Å². The van der Waals surface area contributed by atoms with Gasteiger partial charge in [0.05, 0.1) is 0 Å². The molecule has 0 amide bonds. The Morgan fingerprint density at radius 3 is 2.74 bits per heavy atom. The van der Waals surface area contributed by atoms with E-state index in [0.717, 1.165) is 12.2 Å². The highest BCUT2D eigenvalue weighted by Gasteiger charge is 2.10. The molecule has 0 saturated carbocycles. The summed E-state index contributed by atoms with van der Waals surface area (Å²) in [5.41, 5.74) is 1.20. The molecular weight excluding hydrogens is 240 g/mol. The van der Waals surface area contributed by atoms with E-state index < -0.39 is 0 Å². The first-order chi connectivity index (χ1) is 9.24. The summed E-state index contributed by atoms with van der Waals surface area (Å²) in [6.07, 6.45) is 1.76. The van der Waals surface area contributed by atoms with Gasteiger partial charge in [-0.2, -0.15) is 0 Å². The standard InChI is InChI=1S/C16H18O3/c1-3-12(2)15-6-4-5-7-16(15)18-11-14-9-8-13(10-17)19-14/h4-10,12H,3,11H2,1-2H3. The number of aldehydes is 1. The SMILES string of the molecule is CCC(C)c1ccccc1OCc1ccc(C=O)o1. The lowest BCUT2D eigenvalue weighted by Gasteiger charge is -2.14. The van der Waals surface area contributed by atoms with Gasteiger partial charge in [-0.15, -0.1) is 0 Å². The van der Waals surface area contributed by atoms with Crippen molar-refractivity contribution in [2.45, 2.75) is 32.8 Å². The summed E-state index contributed by atoms with van der Waals surface area (Å²) in [6, 6.07) is 11.4. The van der Waals surface area contributed by atoms with E-state index >= 15 is 0 Å². The van der Waals surface area contributed by atoms with Gasteiger partial charge in [-0.05, 0) is 36.1 Å². The molecule has 0 N–H and O–H groups in total. The fourth-order valence-electron chi connectivity index (χ4n) is 1.92. The molecule has 0 aliphatic carbocycles. The predicted octanol–water partition coefficient (Wildman–Crippen LogP) is 4.18. The molecule has 1 aromatic carbocycles. The number of furan rings is 1. The van der Waals surface area contributed by atoms with Crippen LogP contribution in [0.1, 0.15) is 48.1 Å². The Morgan fingerprint density at radius 1 is 1.26 bits per heavy atom. The minimum absolute atomic E-state index is 0.328. The van der Waals surface area contributed by atoms with Crippen molar-refractivity contribution in [1.29, 1.82) is 0 Å². The van der Waals surface area contributed by atoms with Crippen LogP contribution in [0, 0.1) is 0 Å². The molecule has 0 spiro atoms. The Kier molecular flexibility index (Phi) is 4.39. The average Bonchev–Trinajstić information content (AvgIpc) is 2.92. The number of carbonyl (C=O) groups is 1. The third-order valence-electron chi connectivity index (χ3n) is 3.23. The molecule has 100 valence electrons. The Bertz CT molecular complexity index is 542. The average molecular weight is 258 g/mol. The number of ether oxygens (including phenoxy) is 1. The van der Waals surface area contributed by atoms with Crippen LogP contribution < -0.4 is 4.74 Å². The molecule has 1 aromatic heterocycles. The number of benzene rings is 1. The van der Waals surface area contributed by atoms with Gasteiger partial charge in [0, 0.05) is 0 Å². The molecule has 3 heteroatoms. The molecule has 1 atom stereocenters. The second-order valence-corrected chi connectivity index (χ2v) is 4.56. The molecule has 2 aromatic rings. The third kappa shape index (κ3) is 3.25. The summed E-state index contributed by atoms with van der Waals surface area (Å²) < 4.78 is 11.1. The fourth-order valence-corrected chi connectivity index (χ4v) is 1.92. The second kappa shape index (κ2) is 6.23. The van der Waals surface area contributed by atoms with Crippen LogP contribution in [0.15, 0.2) is 40.8 Å². The van der Waals surface area contributed by atoms with Crippen LogP contribution in [0.25, 0.3) is 0 Å². The van der Waals surface area contributed by atoms with Gasteiger partial charge in [0.2, 0.25) is 0 Å². The number of para-hydroxylation sites is 1. The van der Waals surface area contributed by atoms with Crippen molar-refractivity contribution in [3.8, 4) is 5.75 Å². The van der Waals surface area contributed by atoms with Crippen molar-refractivity contribution in [3.63, 3.8) is 0 Å². The highest BCUT2D eigenvalue weighted by Crippen LogP contribution is 2.29. The minimum Gasteiger partial charge on any atom is -0.485 e. The zero-order valence-electron chi connectivity index (χ0n) is 11.3. The zero-order valence-corrected chi connectivity index (χ0v) is 11.3. The third-order valence-corrected chi connectivity index (χ3v) is 3.23. The largest absolute Gasteiger partial charge is 0.485 e. The molecular formula is C16H18O3. The quantitative estimate of drug-likeness (QED) is 0.729. The Labute approximate surface area is 113 Å². The molecule has 0 fully saturated rings. The van der Waals surface area contributed by atoms with Gasteiger partial charge in [-0.25, -0.2) is 0 Å². The number of rotatable bonds is 6. The summed E-state index contributed by atoms with van der Waals surface area (Å²) in [6.45, 7) is 4.67. The molecule has 19 heavy (non-hydrogen) atoms. The van der Waals surface area contributed by atoms with Crippen LogP contribution >= 0.6 is 0 Å². The minimum atomic E-state index is 0.328. The van der Waals surface area contributed by atoms with Crippen molar-refractivity contribution < 1.29 is 13.9 Å². The van der Waals surface area contributed by atoms with E-state index in [2.05, 4.69) is 19.9 Å². The lowest BCUT2D eigenvalue weighted by Crippen LogP contribution is -2.00. The molecule has 0 bridgehead atoms. The van der Waals surface area contributed by atoms with E-state index in [1.165, 1.54) is 5.56 Å². The van der Waals surface area contributed by atoms with Gasteiger partial charge in [-0.3, -0.25) is 4.79 Å². The maximum absolute atomic E-state index is 10.5. The van der Waals surface area contributed by atoms with Crippen LogP contribution in [0.5, 0.6) is 5.75 Å². The van der Waals surface area contributed by atoms with Gasteiger partial charge in [0.1, 0.15) is 18.1 Å². The maximum atomic E-state index is 10.5. The van der Waals surface area contributed by atoms with Crippen LogP contribution in [0.2, 0.25) is 0 Å². The molecule has 0 radical (unpaired) electrons. The van der Waals surface area contributed by atoms with Crippen molar-refractivity contribution in [2.75, 3.05) is 0 Å². The maximum Gasteiger partial charge on any atom is 0.185 e. The fraction of sp³-hybridized carbons (Fsp3) is 0.312. The van der Waals surface area contributed by atoms with E-state index in [-0.39, 0.29) is 0 Å². The summed E-state index contributed by atoms with van der Waals surface area (Å²) >= 11 is 0. The number of carbonyl (C=O) groups excluding carboxylic acids is 1. The molecule has 0 aliphatic rings. The van der Waals surface area contributed by atoms with E-state index in [1.807, 2.05) is 18.2 Å². The number of hydrogen-bond acceptors (Lipinski definition) is 3. The van der Waals surface area contributed by atoms with Gasteiger partial charge < -0.3 is 9.15 Å². The Hall–Kier alpha value is -2.03. The molecule has 0 saturated heterocycles. The van der Waals surface area contributed by atoms with Crippen LogP contribution in [-0.4, -0.2) is 6.29 Å². The molecule has 0 aliphatic heterocycles. The lowest BCUT2D eigenvalue weighted by molar-refractivity contribution is 0.109. The molecule has 2 rings (SSSR count). The highest BCUT2D eigenvalue weighted by molar-refractivity contribution is 5.70. The van der Waals surface area contributed by atoms with Gasteiger partial charge in [0.25, 0.3) is 0 Å². The van der Waals surface area contributed by atoms with Crippen molar-refractivity contribution in [1.82, 2.24) is 0 Å².